The van der Waals surface area contributed by atoms with Gasteiger partial charge in [0, 0.05) is 37.1 Å². The van der Waals surface area contributed by atoms with Crippen molar-refractivity contribution < 1.29 is 22.4 Å². The monoisotopic (exact) mass is 396 g/mol. The molecule has 1 aromatic heterocycles. The van der Waals surface area contributed by atoms with Crippen molar-refractivity contribution in [2.24, 2.45) is 7.05 Å². The predicted octanol–water partition coefficient (Wildman–Crippen LogP) is 4.55. The van der Waals surface area contributed by atoms with Crippen molar-refractivity contribution in [3.63, 3.8) is 0 Å². The molecule has 0 saturated heterocycles. The van der Waals surface area contributed by atoms with E-state index in [1.807, 2.05) is 0 Å². The fraction of sp³-hybridized carbons (Fsp3) is 0.474. The molecule has 28 heavy (non-hydrogen) atoms. The van der Waals surface area contributed by atoms with Gasteiger partial charge in [-0.1, -0.05) is 6.42 Å². The Kier molecular flexibility index (Phi) is 4.55. The molecule has 0 aliphatic heterocycles. The molecule has 0 spiro atoms. The minimum atomic E-state index is -2.72. The standard InChI is InChI=1S/C19H20F4N4O/c1-27-16(11-5-6-13(20)14(21)7-11)15(10-3-2-4-10)17(26-27)25-18(28)24-12-8-19(22,23)9-12/h5-7,10,12H,2-4,8-9H2,1H3,(H2,24,25,26,28). The van der Waals surface area contributed by atoms with Gasteiger partial charge in [0.25, 0.3) is 5.92 Å². The van der Waals surface area contributed by atoms with E-state index in [9.17, 15) is 22.4 Å². The van der Waals surface area contributed by atoms with E-state index in [1.54, 1.807) is 7.05 Å². The lowest BCUT2D eigenvalue weighted by Crippen LogP contribution is -2.51. The summed E-state index contributed by atoms with van der Waals surface area (Å²) in [5.41, 5.74) is 1.82. The van der Waals surface area contributed by atoms with E-state index < -0.39 is 29.6 Å². The third-order valence-corrected chi connectivity index (χ3v) is 5.45. The van der Waals surface area contributed by atoms with Crippen LogP contribution in [0, 0.1) is 11.6 Å². The average molecular weight is 396 g/mol. The minimum Gasteiger partial charge on any atom is -0.335 e. The molecule has 2 N–H and O–H groups in total. The average Bonchev–Trinajstić information content (AvgIpc) is 2.83. The lowest BCUT2D eigenvalue weighted by molar-refractivity contribution is -0.0893. The van der Waals surface area contributed by atoms with Gasteiger partial charge in [-0.25, -0.2) is 22.4 Å². The second-order valence-corrected chi connectivity index (χ2v) is 7.55. The van der Waals surface area contributed by atoms with Gasteiger partial charge in [0.05, 0.1) is 5.69 Å². The third kappa shape index (κ3) is 3.45. The Morgan fingerprint density at radius 2 is 1.93 bits per heavy atom. The first-order valence-electron chi connectivity index (χ1n) is 9.21. The highest BCUT2D eigenvalue weighted by Crippen LogP contribution is 2.45. The summed E-state index contributed by atoms with van der Waals surface area (Å²) in [6, 6.07) is 2.46. The van der Waals surface area contributed by atoms with Gasteiger partial charge in [-0.15, -0.1) is 0 Å². The molecule has 9 heteroatoms. The molecule has 0 bridgehead atoms. The molecule has 2 amide bonds. The van der Waals surface area contributed by atoms with Crippen LogP contribution in [0.2, 0.25) is 0 Å². The number of hydrogen-bond acceptors (Lipinski definition) is 2. The van der Waals surface area contributed by atoms with Crippen molar-refractivity contribution in [1.29, 1.82) is 0 Å². The molecule has 0 unspecified atom stereocenters. The summed E-state index contributed by atoms with van der Waals surface area (Å²) in [5, 5.41) is 9.51. The first-order valence-corrected chi connectivity index (χ1v) is 9.21. The van der Waals surface area contributed by atoms with Gasteiger partial charge in [-0.2, -0.15) is 5.10 Å². The number of amides is 2. The maximum Gasteiger partial charge on any atom is 0.320 e. The van der Waals surface area contributed by atoms with E-state index in [2.05, 4.69) is 15.7 Å². The number of carbonyl (C=O) groups is 1. The summed E-state index contributed by atoms with van der Waals surface area (Å²) in [6.07, 6.45) is 2.07. The van der Waals surface area contributed by atoms with E-state index in [1.165, 1.54) is 10.7 Å². The van der Waals surface area contributed by atoms with E-state index in [-0.39, 0.29) is 18.8 Å². The number of alkyl halides is 2. The Bertz CT molecular complexity index is 915. The molecule has 0 atom stereocenters. The molecule has 0 radical (unpaired) electrons. The van der Waals surface area contributed by atoms with Gasteiger partial charge in [0.15, 0.2) is 17.5 Å². The van der Waals surface area contributed by atoms with Crippen LogP contribution < -0.4 is 10.6 Å². The van der Waals surface area contributed by atoms with E-state index in [0.717, 1.165) is 37.0 Å². The van der Waals surface area contributed by atoms with Crippen LogP contribution in [0.25, 0.3) is 11.3 Å². The van der Waals surface area contributed by atoms with Crippen molar-refractivity contribution >= 4 is 11.8 Å². The van der Waals surface area contributed by atoms with Crippen LogP contribution in [0.4, 0.5) is 28.2 Å². The van der Waals surface area contributed by atoms with Crippen LogP contribution in [-0.4, -0.2) is 27.8 Å². The Balaban J connectivity index is 1.61. The number of urea groups is 1. The van der Waals surface area contributed by atoms with Crippen LogP contribution in [0.3, 0.4) is 0 Å². The highest BCUT2D eigenvalue weighted by molar-refractivity contribution is 5.91. The van der Waals surface area contributed by atoms with Gasteiger partial charge in [0.1, 0.15) is 0 Å². The summed E-state index contributed by atoms with van der Waals surface area (Å²) in [6.45, 7) is 0. The van der Waals surface area contributed by atoms with Crippen molar-refractivity contribution in [3.05, 3.63) is 35.4 Å². The molecule has 2 aliphatic carbocycles. The Labute approximate surface area is 159 Å². The fourth-order valence-corrected chi connectivity index (χ4v) is 3.79. The molecule has 1 heterocycles. The first-order chi connectivity index (χ1) is 13.2. The Hall–Kier alpha value is -2.58. The number of benzene rings is 1. The lowest BCUT2D eigenvalue weighted by Gasteiger charge is -2.35. The van der Waals surface area contributed by atoms with Gasteiger partial charge in [-0.05, 0) is 37.0 Å². The zero-order valence-corrected chi connectivity index (χ0v) is 15.2. The summed E-state index contributed by atoms with van der Waals surface area (Å²) in [5.74, 6) is -4.17. The Morgan fingerprint density at radius 1 is 1.21 bits per heavy atom. The highest BCUT2D eigenvalue weighted by Gasteiger charge is 2.46. The van der Waals surface area contributed by atoms with Crippen molar-refractivity contribution in [2.45, 2.75) is 50.0 Å². The van der Waals surface area contributed by atoms with Crippen LogP contribution >= 0.6 is 0 Å². The largest absolute Gasteiger partial charge is 0.335 e. The lowest BCUT2D eigenvalue weighted by atomic mass is 9.79. The molecule has 2 fully saturated rings. The van der Waals surface area contributed by atoms with E-state index in [4.69, 9.17) is 0 Å². The second kappa shape index (κ2) is 6.79. The SMILES string of the molecule is Cn1nc(NC(=O)NC2CC(F)(F)C2)c(C2CCC2)c1-c1ccc(F)c(F)c1. The number of carbonyl (C=O) groups excluding carboxylic acids is 1. The smallest absolute Gasteiger partial charge is 0.320 e. The molecule has 5 nitrogen and oxygen atoms in total. The molecule has 150 valence electrons. The topological polar surface area (TPSA) is 59.0 Å². The molecule has 2 aliphatic rings. The predicted molar refractivity (Wildman–Crippen MR) is 95.3 cm³/mol. The van der Waals surface area contributed by atoms with Crippen LogP contribution in [-0.2, 0) is 7.05 Å². The van der Waals surface area contributed by atoms with Crippen LogP contribution in [0.1, 0.15) is 43.6 Å². The van der Waals surface area contributed by atoms with Crippen molar-refractivity contribution in [2.75, 3.05) is 5.32 Å². The number of nitrogens with one attached hydrogen (secondary N) is 2. The fourth-order valence-electron chi connectivity index (χ4n) is 3.79. The number of anilines is 1. The number of rotatable bonds is 4. The zero-order chi connectivity index (χ0) is 20.1. The number of hydrogen-bond donors (Lipinski definition) is 2. The maximum atomic E-state index is 13.7. The minimum absolute atomic E-state index is 0.139. The van der Waals surface area contributed by atoms with E-state index >= 15 is 0 Å². The first kappa shape index (κ1) is 18.8. The summed E-state index contributed by atoms with van der Waals surface area (Å²) >= 11 is 0. The van der Waals surface area contributed by atoms with Gasteiger partial charge in [0.2, 0.25) is 0 Å². The molecular formula is C19H20F4N4O. The highest BCUT2D eigenvalue weighted by atomic mass is 19.3. The van der Waals surface area contributed by atoms with Crippen LogP contribution in [0.5, 0.6) is 0 Å². The number of nitrogens with zero attached hydrogens (tertiary/aromatic N) is 2. The van der Waals surface area contributed by atoms with Crippen molar-refractivity contribution in [3.8, 4) is 11.3 Å². The summed E-state index contributed by atoms with van der Waals surface area (Å²) in [7, 11) is 1.66. The van der Waals surface area contributed by atoms with Gasteiger partial charge in [-0.3, -0.25) is 10.00 Å². The Morgan fingerprint density at radius 3 is 2.50 bits per heavy atom. The molecule has 1 aromatic carbocycles. The van der Waals surface area contributed by atoms with E-state index in [0.29, 0.717) is 17.1 Å². The van der Waals surface area contributed by atoms with Crippen molar-refractivity contribution in [1.82, 2.24) is 15.1 Å². The zero-order valence-electron chi connectivity index (χ0n) is 15.2. The van der Waals surface area contributed by atoms with Gasteiger partial charge >= 0.3 is 6.03 Å². The molecule has 2 aromatic rings. The maximum absolute atomic E-state index is 13.7. The second-order valence-electron chi connectivity index (χ2n) is 7.55. The number of halogens is 4. The number of aryl methyl sites for hydroxylation is 1. The molecular weight excluding hydrogens is 376 g/mol. The summed E-state index contributed by atoms with van der Waals surface area (Å²) < 4.78 is 54.5. The molecule has 4 rings (SSSR count). The molecule has 2 saturated carbocycles. The summed E-state index contributed by atoms with van der Waals surface area (Å²) in [4.78, 5) is 12.2. The quantitative estimate of drug-likeness (QED) is 0.745. The number of aromatic nitrogens is 2. The van der Waals surface area contributed by atoms with Gasteiger partial charge < -0.3 is 5.32 Å². The third-order valence-electron chi connectivity index (χ3n) is 5.45. The normalized spacial score (nSPS) is 19.0. The van der Waals surface area contributed by atoms with Crippen LogP contribution in [0.15, 0.2) is 18.2 Å².